The van der Waals surface area contributed by atoms with Crippen molar-refractivity contribution >= 4 is 17.9 Å². The predicted octanol–water partition coefficient (Wildman–Crippen LogP) is 4.03. The van der Waals surface area contributed by atoms with Crippen molar-refractivity contribution in [2.24, 2.45) is 0 Å². The summed E-state index contributed by atoms with van der Waals surface area (Å²) in [4.78, 5) is 10.5. The molecule has 0 spiro atoms. The molecule has 0 radical (unpaired) electrons. The van der Waals surface area contributed by atoms with E-state index >= 15 is 0 Å². The fraction of sp³-hybridized carbons (Fsp3) is 0.154. The molecule has 0 N–H and O–H groups in total. The molecule has 0 saturated heterocycles. The molecule has 0 aliphatic heterocycles. The number of halogens is 1. The van der Waals surface area contributed by atoms with E-state index in [0.29, 0.717) is 17.8 Å². The Balaban J connectivity index is 2.55. The first-order valence-electron chi connectivity index (χ1n) is 4.94. The molecule has 0 atom stereocenters. The molecule has 0 aliphatic carbocycles. The van der Waals surface area contributed by atoms with Crippen LogP contribution in [0.1, 0.15) is 21.7 Å². The minimum Gasteiger partial charge on any atom is -0.453 e. The molecule has 1 heterocycles. The van der Waals surface area contributed by atoms with Crippen molar-refractivity contribution in [3.05, 3.63) is 46.2 Å². The number of furan rings is 1. The van der Waals surface area contributed by atoms with Crippen molar-refractivity contribution in [2.75, 3.05) is 0 Å². The maximum Gasteiger partial charge on any atom is 0.185 e. The lowest BCUT2D eigenvalue weighted by Gasteiger charge is -2.06. The van der Waals surface area contributed by atoms with Gasteiger partial charge in [-0.15, -0.1) is 0 Å². The molecule has 0 amide bonds. The lowest BCUT2D eigenvalue weighted by molar-refractivity contribution is 0.110. The highest BCUT2D eigenvalue weighted by molar-refractivity contribution is 6.31. The molecule has 3 heteroatoms. The summed E-state index contributed by atoms with van der Waals surface area (Å²) in [6.45, 7) is 3.90. The Morgan fingerprint density at radius 2 is 1.94 bits per heavy atom. The smallest absolute Gasteiger partial charge is 0.185 e. The van der Waals surface area contributed by atoms with Crippen LogP contribution < -0.4 is 0 Å². The van der Waals surface area contributed by atoms with Crippen LogP contribution in [0.25, 0.3) is 11.3 Å². The Bertz CT molecular complexity index is 541. The molecule has 82 valence electrons. The first-order chi connectivity index (χ1) is 7.61. The summed E-state index contributed by atoms with van der Waals surface area (Å²) >= 11 is 6.02. The topological polar surface area (TPSA) is 30.2 Å². The van der Waals surface area contributed by atoms with Gasteiger partial charge in [0.15, 0.2) is 12.0 Å². The van der Waals surface area contributed by atoms with Crippen LogP contribution in [0.15, 0.2) is 28.7 Å². The van der Waals surface area contributed by atoms with Gasteiger partial charge >= 0.3 is 0 Å². The van der Waals surface area contributed by atoms with Gasteiger partial charge in [0.1, 0.15) is 5.76 Å². The molecule has 2 aromatic rings. The summed E-state index contributed by atoms with van der Waals surface area (Å²) in [5, 5.41) is 0.739. The molecule has 16 heavy (non-hydrogen) atoms. The van der Waals surface area contributed by atoms with E-state index in [1.54, 1.807) is 12.1 Å². The second kappa shape index (κ2) is 4.14. The largest absolute Gasteiger partial charge is 0.453 e. The average Bonchev–Trinajstić information content (AvgIpc) is 2.71. The molecule has 0 fully saturated rings. The Kier molecular flexibility index (Phi) is 2.84. The number of aldehydes is 1. The van der Waals surface area contributed by atoms with Gasteiger partial charge in [0.05, 0.1) is 0 Å². The van der Waals surface area contributed by atoms with Crippen molar-refractivity contribution in [2.45, 2.75) is 13.8 Å². The van der Waals surface area contributed by atoms with Crippen LogP contribution in [0.3, 0.4) is 0 Å². The highest BCUT2D eigenvalue weighted by Crippen LogP contribution is 2.29. The summed E-state index contributed by atoms with van der Waals surface area (Å²) in [6, 6.07) is 7.31. The normalized spacial score (nSPS) is 10.4. The number of rotatable bonds is 2. The van der Waals surface area contributed by atoms with Crippen molar-refractivity contribution in [1.29, 1.82) is 0 Å². The molecule has 0 bridgehead atoms. The van der Waals surface area contributed by atoms with E-state index in [1.165, 1.54) is 0 Å². The summed E-state index contributed by atoms with van der Waals surface area (Å²) in [5.41, 5.74) is 2.99. The number of carbonyl (C=O) groups excluding carboxylic acids is 1. The quantitative estimate of drug-likeness (QED) is 0.735. The highest BCUT2D eigenvalue weighted by Gasteiger charge is 2.09. The van der Waals surface area contributed by atoms with E-state index in [-0.39, 0.29) is 0 Å². The minimum atomic E-state index is 0.335. The standard InChI is InChI=1S/C13H11ClO2/c1-8-6-12(14)9(2)5-11(8)13-4-3-10(7-15)16-13/h3-7H,1-2H3. The van der Waals surface area contributed by atoms with Crippen LogP contribution >= 0.6 is 11.6 Å². The van der Waals surface area contributed by atoms with Crippen molar-refractivity contribution in [3.8, 4) is 11.3 Å². The van der Waals surface area contributed by atoms with Gasteiger partial charge in [0, 0.05) is 10.6 Å². The van der Waals surface area contributed by atoms with E-state index in [9.17, 15) is 4.79 Å². The monoisotopic (exact) mass is 234 g/mol. The third-order valence-electron chi connectivity index (χ3n) is 2.51. The van der Waals surface area contributed by atoms with E-state index in [0.717, 1.165) is 21.7 Å². The fourth-order valence-corrected chi connectivity index (χ4v) is 1.83. The van der Waals surface area contributed by atoms with Crippen LogP contribution in [-0.2, 0) is 0 Å². The highest BCUT2D eigenvalue weighted by atomic mass is 35.5. The van der Waals surface area contributed by atoms with E-state index in [4.69, 9.17) is 16.0 Å². The van der Waals surface area contributed by atoms with Crippen molar-refractivity contribution in [1.82, 2.24) is 0 Å². The van der Waals surface area contributed by atoms with E-state index in [2.05, 4.69) is 0 Å². The van der Waals surface area contributed by atoms with Crippen LogP contribution in [0.2, 0.25) is 5.02 Å². The molecule has 0 unspecified atom stereocenters. The Morgan fingerprint density at radius 3 is 2.56 bits per heavy atom. The number of benzene rings is 1. The predicted molar refractivity (Wildman–Crippen MR) is 64.0 cm³/mol. The first-order valence-corrected chi connectivity index (χ1v) is 5.31. The van der Waals surface area contributed by atoms with Crippen LogP contribution in [-0.4, -0.2) is 6.29 Å². The lowest BCUT2D eigenvalue weighted by Crippen LogP contribution is -1.84. The van der Waals surface area contributed by atoms with Crippen LogP contribution in [0.4, 0.5) is 0 Å². The minimum absolute atomic E-state index is 0.335. The molecule has 0 aliphatic rings. The maximum absolute atomic E-state index is 10.5. The second-order valence-electron chi connectivity index (χ2n) is 3.74. The zero-order valence-electron chi connectivity index (χ0n) is 9.08. The van der Waals surface area contributed by atoms with Gasteiger partial charge in [0.2, 0.25) is 0 Å². The Hall–Kier alpha value is -1.54. The molecule has 1 aromatic carbocycles. The zero-order chi connectivity index (χ0) is 11.7. The van der Waals surface area contributed by atoms with Gasteiger partial charge in [-0.3, -0.25) is 4.79 Å². The summed E-state index contributed by atoms with van der Waals surface area (Å²) in [7, 11) is 0. The number of hydrogen-bond acceptors (Lipinski definition) is 2. The van der Waals surface area contributed by atoms with Gasteiger partial charge in [0.25, 0.3) is 0 Å². The number of carbonyl (C=O) groups is 1. The SMILES string of the molecule is Cc1cc(-c2ccc(C=O)o2)c(C)cc1Cl. The van der Waals surface area contributed by atoms with E-state index in [1.807, 2.05) is 26.0 Å². The number of aryl methyl sites for hydroxylation is 2. The Labute approximate surface area is 98.8 Å². The summed E-state index contributed by atoms with van der Waals surface area (Å²) in [5.74, 6) is 1.03. The zero-order valence-corrected chi connectivity index (χ0v) is 9.84. The first kappa shape index (κ1) is 11.0. The molecular formula is C13H11ClO2. The number of hydrogen-bond donors (Lipinski definition) is 0. The van der Waals surface area contributed by atoms with Crippen molar-refractivity contribution < 1.29 is 9.21 Å². The summed E-state index contributed by atoms with van der Waals surface area (Å²) < 4.78 is 5.38. The third-order valence-corrected chi connectivity index (χ3v) is 2.92. The van der Waals surface area contributed by atoms with Gasteiger partial charge < -0.3 is 4.42 Å². The summed E-state index contributed by atoms with van der Waals surface area (Å²) in [6.07, 6.45) is 0.696. The van der Waals surface area contributed by atoms with Gasteiger partial charge in [-0.2, -0.15) is 0 Å². The lowest BCUT2D eigenvalue weighted by atomic mass is 10.0. The molecular weight excluding hydrogens is 224 g/mol. The van der Waals surface area contributed by atoms with Gasteiger partial charge in [-0.25, -0.2) is 0 Å². The van der Waals surface area contributed by atoms with Gasteiger partial charge in [-0.1, -0.05) is 11.6 Å². The molecule has 1 aromatic heterocycles. The van der Waals surface area contributed by atoms with E-state index < -0.39 is 0 Å². The Morgan fingerprint density at radius 1 is 1.19 bits per heavy atom. The van der Waals surface area contributed by atoms with Crippen LogP contribution in [0, 0.1) is 13.8 Å². The molecule has 0 saturated carbocycles. The fourth-order valence-electron chi connectivity index (χ4n) is 1.61. The van der Waals surface area contributed by atoms with Gasteiger partial charge in [-0.05, 0) is 49.2 Å². The van der Waals surface area contributed by atoms with Crippen LogP contribution in [0.5, 0.6) is 0 Å². The average molecular weight is 235 g/mol. The third kappa shape index (κ3) is 1.89. The maximum atomic E-state index is 10.5. The molecule has 2 nitrogen and oxygen atoms in total. The van der Waals surface area contributed by atoms with Crippen molar-refractivity contribution in [3.63, 3.8) is 0 Å². The molecule has 2 rings (SSSR count). The second-order valence-corrected chi connectivity index (χ2v) is 4.14.